The number of rotatable bonds is 3. The fourth-order valence-electron chi connectivity index (χ4n) is 1.38. The van der Waals surface area contributed by atoms with Crippen molar-refractivity contribution >= 4 is 11.8 Å². The van der Waals surface area contributed by atoms with Gasteiger partial charge < -0.3 is 5.73 Å². The third-order valence-electron chi connectivity index (χ3n) is 2.29. The van der Waals surface area contributed by atoms with Gasteiger partial charge in [0.05, 0.1) is 5.69 Å². The van der Waals surface area contributed by atoms with Crippen molar-refractivity contribution in [2.24, 2.45) is 5.73 Å². The van der Waals surface area contributed by atoms with Gasteiger partial charge in [0.25, 0.3) is 0 Å². The molecule has 0 aliphatic carbocycles. The molecule has 0 radical (unpaired) electrons. The van der Waals surface area contributed by atoms with Gasteiger partial charge in [0.1, 0.15) is 5.82 Å². The lowest BCUT2D eigenvalue weighted by molar-refractivity contribution is 0.602. The Morgan fingerprint density at radius 3 is 2.59 bits per heavy atom. The first kappa shape index (κ1) is 12.1. The van der Waals surface area contributed by atoms with E-state index in [0.29, 0.717) is 4.90 Å². The Labute approximate surface area is 104 Å². The fraction of sp³-hybridized carbons (Fsp3) is 0.154. The molecule has 2 rings (SSSR count). The zero-order chi connectivity index (χ0) is 12.3. The highest BCUT2D eigenvalue weighted by Crippen LogP contribution is 2.29. The molecule has 0 bridgehead atoms. The SMILES string of the molecule is CC(N)c1ccc(Sc2ccccc2F)cn1. The third kappa shape index (κ3) is 3.05. The van der Waals surface area contributed by atoms with Crippen LogP contribution in [0, 0.1) is 5.82 Å². The molecule has 0 spiro atoms. The Hall–Kier alpha value is -1.39. The van der Waals surface area contributed by atoms with Gasteiger partial charge in [0, 0.05) is 22.0 Å². The zero-order valence-corrected chi connectivity index (χ0v) is 10.2. The highest BCUT2D eigenvalue weighted by atomic mass is 32.2. The topological polar surface area (TPSA) is 38.9 Å². The summed E-state index contributed by atoms with van der Waals surface area (Å²) < 4.78 is 13.4. The average molecular weight is 248 g/mol. The molecular weight excluding hydrogens is 235 g/mol. The maximum absolute atomic E-state index is 13.4. The molecule has 0 saturated heterocycles. The van der Waals surface area contributed by atoms with Crippen LogP contribution in [0.15, 0.2) is 52.4 Å². The summed E-state index contributed by atoms with van der Waals surface area (Å²) in [4.78, 5) is 5.74. The molecule has 88 valence electrons. The van der Waals surface area contributed by atoms with E-state index < -0.39 is 0 Å². The minimum atomic E-state index is -0.214. The fourth-order valence-corrected chi connectivity index (χ4v) is 2.18. The molecule has 4 heteroatoms. The third-order valence-corrected chi connectivity index (χ3v) is 3.32. The first-order chi connectivity index (χ1) is 8.16. The van der Waals surface area contributed by atoms with Crippen LogP contribution >= 0.6 is 11.8 Å². The Morgan fingerprint density at radius 2 is 2.00 bits per heavy atom. The Morgan fingerprint density at radius 1 is 1.24 bits per heavy atom. The lowest BCUT2D eigenvalue weighted by Gasteiger charge is -2.06. The molecule has 1 aromatic heterocycles. The molecule has 1 atom stereocenters. The van der Waals surface area contributed by atoms with Gasteiger partial charge in [-0.25, -0.2) is 4.39 Å². The maximum Gasteiger partial charge on any atom is 0.137 e. The van der Waals surface area contributed by atoms with Gasteiger partial charge in [-0.1, -0.05) is 23.9 Å². The Kier molecular flexibility index (Phi) is 3.76. The number of aromatic nitrogens is 1. The number of nitrogens with zero attached hydrogens (tertiary/aromatic N) is 1. The summed E-state index contributed by atoms with van der Waals surface area (Å²) in [5, 5.41) is 0. The highest BCUT2D eigenvalue weighted by Gasteiger charge is 2.05. The van der Waals surface area contributed by atoms with Crippen LogP contribution < -0.4 is 5.73 Å². The number of benzene rings is 1. The molecule has 2 aromatic rings. The highest BCUT2D eigenvalue weighted by molar-refractivity contribution is 7.99. The summed E-state index contributed by atoms with van der Waals surface area (Å²) >= 11 is 1.36. The smallest absolute Gasteiger partial charge is 0.137 e. The van der Waals surface area contributed by atoms with E-state index in [2.05, 4.69) is 4.98 Å². The molecule has 0 aliphatic heterocycles. The number of nitrogens with two attached hydrogens (primary N) is 1. The van der Waals surface area contributed by atoms with Crippen molar-refractivity contribution < 1.29 is 4.39 Å². The largest absolute Gasteiger partial charge is 0.323 e. The van der Waals surface area contributed by atoms with E-state index >= 15 is 0 Å². The molecule has 0 fully saturated rings. The van der Waals surface area contributed by atoms with Crippen LogP contribution in [0.5, 0.6) is 0 Å². The van der Waals surface area contributed by atoms with Gasteiger partial charge in [0.2, 0.25) is 0 Å². The standard InChI is InChI=1S/C13H13FN2S/c1-9(15)12-7-6-10(8-16-12)17-13-5-3-2-4-11(13)14/h2-9H,15H2,1H3. The molecule has 0 aliphatic rings. The van der Waals surface area contributed by atoms with E-state index in [1.807, 2.05) is 25.1 Å². The summed E-state index contributed by atoms with van der Waals surface area (Å²) in [6, 6.07) is 10.4. The van der Waals surface area contributed by atoms with E-state index in [4.69, 9.17) is 5.73 Å². The van der Waals surface area contributed by atoms with Crippen LogP contribution in [-0.2, 0) is 0 Å². The lowest BCUT2D eigenvalue weighted by Crippen LogP contribution is -2.06. The number of halogens is 1. The van der Waals surface area contributed by atoms with Gasteiger partial charge in [-0.15, -0.1) is 0 Å². The van der Waals surface area contributed by atoms with E-state index in [0.717, 1.165) is 10.6 Å². The summed E-state index contributed by atoms with van der Waals surface area (Å²) in [5.74, 6) is -0.214. The van der Waals surface area contributed by atoms with Crippen molar-refractivity contribution in [3.8, 4) is 0 Å². The molecule has 0 amide bonds. The second-order valence-electron chi connectivity index (χ2n) is 3.74. The van der Waals surface area contributed by atoms with Gasteiger partial charge in [-0.3, -0.25) is 4.98 Å². The van der Waals surface area contributed by atoms with Gasteiger partial charge >= 0.3 is 0 Å². The average Bonchev–Trinajstić information content (AvgIpc) is 2.33. The van der Waals surface area contributed by atoms with Gasteiger partial charge in [-0.2, -0.15) is 0 Å². The van der Waals surface area contributed by atoms with Crippen molar-refractivity contribution in [3.05, 3.63) is 54.1 Å². The second-order valence-corrected chi connectivity index (χ2v) is 4.86. The molecule has 0 saturated carbocycles. The Balaban J connectivity index is 2.17. The zero-order valence-electron chi connectivity index (χ0n) is 9.43. The predicted molar refractivity (Wildman–Crippen MR) is 67.4 cm³/mol. The van der Waals surface area contributed by atoms with Crippen molar-refractivity contribution in [2.45, 2.75) is 22.8 Å². The predicted octanol–water partition coefficient (Wildman–Crippen LogP) is 3.39. The number of hydrogen-bond acceptors (Lipinski definition) is 3. The van der Waals surface area contributed by atoms with Crippen LogP contribution in [0.4, 0.5) is 4.39 Å². The first-order valence-electron chi connectivity index (χ1n) is 5.31. The molecule has 1 heterocycles. The van der Waals surface area contributed by atoms with Crippen LogP contribution in [0.1, 0.15) is 18.7 Å². The van der Waals surface area contributed by atoms with Crippen molar-refractivity contribution in [1.82, 2.24) is 4.98 Å². The van der Waals surface area contributed by atoms with Gasteiger partial charge in [-0.05, 0) is 31.2 Å². The lowest BCUT2D eigenvalue weighted by atomic mass is 10.2. The van der Waals surface area contributed by atoms with E-state index in [9.17, 15) is 4.39 Å². The molecule has 2 nitrogen and oxygen atoms in total. The van der Waals surface area contributed by atoms with Crippen LogP contribution in [0.2, 0.25) is 0 Å². The molecule has 17 heavy (non-hydrogen) atoms. The minimum absolute atomic E-state index is 0.0810. The summed E-state index contributed by atoms with van der Waals surface area (Å²) in [7, 11) is 0. The molecular formula is C13H13FN2S. The van der Waals surface area contributed by atoms with Crippen LogP contribution in [-0.4, -0.2) is 4.98 Å². The van der Waals surface area contributed by atoms with Crippen molar-refractivity contribution in [2.75, 3.05) is 0 Å². The number of hydrogen-bond donors (Lipinski definition) is 1. The first-order valence-corrected chi connectivity index (χ1v) is 6.12. The van der Waals surface area contributed by atoms with Crippen molar-refractivity contribution in [3.63, 3.8) is 0 Å². The molecule has 1 aromatic carbocycles. The van der Waals surface area contributed by atoms with Crippen LogP contribution in [0.25, 0.3) is 0 Å². The van der Waals surface area contributed by atoms with E-state index in [1.165, 1.54) is 17.8 Å². The summed E-state index contributed by atoms with van der Waals surface area (Å²) in [5.41, 5.74) is 6.55. The normalized spacial score (nSPS) is 12.4. The maximum atomic E-state index is 13.4. The minimum Gasteiger partial charge on any atom is -0.323 e. The second kappa shape index (κ2) is 5.29. The summed E-state index contributed by atoms with van der Waals surface area (Å²) in [6.07, 6.45) is 1.72. The van der Waals surface area contributed by atoms with E-state index in [1.54, 1.807) is 18.3 Å². The molecule has 2 N–H and O–H groups in total. The monoisotopic (exact) mass is 248 g/mol. The van der Waals surface area contributed by atoms with Gasteiger partial charge in [0.15, 0.2) is 0 Å². The molecule has 1 unspecified atom stereocenters. The quantitative estimate of drug-likeness (QED) is 0.905. The summed E-state index contributed by atoms with van der Waals surface area (Å²) in [6.45, 7) is 1.88. The van der Waals surface area contributed by atoms with Crippen molar-refractivity contribution in [1.29, 1.82) is 0 Å². The van der Waals surface area contributed by atoms with Crippen LogP contribution in [0.3, 0.4) is 0 Å². The van der Waals surface area contributed by atoms with E-state index in [-0.39, 0.29) is 11.9 Å². The Bertz CT molecular complexity index is 497. The number of pyridine rings is 1.